The first kappa shape index (κ1) is 10.5. The van der Waals surface area contributed by atoms with Crippen molar-refractivity contribution in [3.05, 3.63) is 0 Å². The number of halogens is 1. The number of hydrogen-bond donors (Lipinski definition) is 2. The lowest BCUT2D eigenvalue weighted by atomic mass is 10.0. The number of nitrogens with two attached hydrogens (primary N) is 1. The predicted octanol–water partition coefficient (Wildman–Crippen LogP) is -1.17. The van der Waals surface area contributed by atoms with Crippen LogP contribution in [0.4, 0.5) is 0 Å². The molecule has 0 aromatic heterocycles. The maximum atomic E-state index is 11.1. The third-order valence-corrected chi connectivity index (χ3v) is 2.65. The third kappa shape index (κ3) is 2.00. The summed E-state index contributed by atoms with van der Waals surface area (Å²) in [6.45, 7) is 0.386. The molecular formula is C7H11BrN2O3. The van der Waals surface area contributed by atoms with E-state index >= 15 is 0 Å². The number of amides is 2. The maximum Gasteiger partial charge on any atom is 0.251 e. The molecule has 1 atom stereocenters. The highest BCUT2D eigenvalue weighted by molar-refractivity contribution is 9.09. The highest BCUT2D eigenvalue weighted by Crippen LogP contribution is 2.20. The Hall–Kier alpha value is -0.620. The molecule has 1 rings (SSSR count). The summed E-state index contributed by atoms with van der Waals surface area (Å²) >= 11 is 3.01. The molecule has 0 spiro atoms. The molecule has 0 saturated carbocycles. The van der Waals surface area contributed by atoms with Crippen molar-refractivity contribution < 1.29 is 14.7 Å². The van der Waals surface area contributed by atoms with Gasteiger partial charge in [-0.1, -0.05) is 15.9 Å². The lowest BCUT2D eigenvalue weighted by Gasteiger charge is -2.19. The van der Waals surface area contributed by atoms with Gasteiger partial charge in [0.05, 0.1) is 11.9 Å². The summed E-state index contributed by atoms with van der Waals surface area (Å²) in [5.74, 6) is -0.908. The molecule has 0 bridgehead atoms. The van der Waals surface area contributed by atoms with Gasteiger partial charge in [0.25, 0.3) is 5.91 Å². The molecule has 0 aliphatic carbocycles. The standard InChI is InChI=1S/C7H11BrN2O3/c8-3-5(11)10-2-1-7(13,4-10)6(9)12/h13H,1-4H2,(H2,9,12). The number of nitrogens with zero attached hydrogens (tertiary/aromatic N) is 1. The molecule has 3 N–H and O–H groups in total. The Morgan fingerprint density at radius 3 is 2.62 bits per heavy atom. The van der Waals surface area contributed by atoms with Crippen molar-refractivity contribution in [1.29, 1.82) is 0 Å². The molecule has 1 aliphatic heterocycles. The largest absolute Gasteiger partial charge is 0.378 e. The van der Waals surface area contributed by atoms with Crippen molar-refractivity contribution in [2.45, 2.75) is 12.0 Å². The smallest absolute Gasteiger partial charge is 0.251 e. The number of rotatable bonds is 2. The van der Waals surface area contributed by atoms with Crippen LogP contribution in [-0.2, 0) is 9.59 Å². The van der Waals surface area contributed by atoms with Crippen LogP contribution in [0.2, 0.25) is 0 Å². The van der Waals surface area contributed by atoms with Crippen molar-refractivity contribution in [3.8, 4) is 0 Å². The number of primary amides is 1. The van der Waals surface area contributed by atoms with Gasteiger partial charge in [0.1, 0.15) is 0 Å². The number of β-amino-alcohol motifs (C(OH)–C–C–N with tert-alkyl or cyclic N) is 1. The van der Waals surface area contributed by atoms with Gasteiger partial charge in [0.2, 0.25) is 5.91 Å². The summed E-state index contributed by atoms with van der Waals surface area (Å²) in [6, 6.07) is 0. The molecule has 0 radical (unpaired) electrons. The molecule has 1 saturated heterocycles. The van der Waals surface area contributed by atoms with Gasteiger partial charge in [0, 0.05) is 13.0 Å². The van der Waals surface area contributed by atoms with E-state index in [0.29, 0.717) is 6.54 Å². The maximum absolute atomic E-state index is 11.1. The van der Waals surface area contributed by atoms with Crippen LogP contribution in [0.5, 0.6) is 0 Å². The normalized spacial score (nSPS) is 27.7. The van der Waals surface area contributed by atoms with Crippen LogP contribution < -0.4 is 5.73 Å². The van der Waals surface area contributed by atoms with Gasteiger partial charge < -0.3 is 15.7 Å². The molecule has 5 nitrogen and oxygen atoms in total. The third-order valence-electron chi connectivity index (χ3n) is 2.17. The number of hydrogen-bond acceptors (Lipinski definition) is 3. The van der Waals surface area contributed by atoms with E-state index in [2.05, 4.69) is 15.9 Å². The summed E-state index contributed by atoms with van der Waals surface area (Å²) in [5, 5.41) is 9.80. The Bertz CT molecular complexity index is 246. The fraction of sp³-hybridized carbons (Fsp3) is 0.714. The van der Waals surface area contributed by atoms with Crippen molar-refractivity contribution >= 4 is 27.7 Å². The lowest BCUT2D eigenvalue weighted by Crippen LogP contribution is -2.46. The van der Waals surface area contributed by atoms with Crippen LogP contribution in [-0.4, -0.2) is 45.8 Å². The SMILES string of the molecule is NC(=O)C1(O)CCN(C(=O)CBr)C1. The van der Waals surface area contributed by atoms with Crippen LogP contribution in [0.1, 0.15) is 6.42 Å². The van der Waals surface area contributed by atoms with E-state index in [9.17, 15) is 14.7 Å². The minimum atomic E-state index is -1.53. The fourth-order valence-corrected chi connectivity index (χ4v) is 1.65. The van der Waals surface area contributed by atoms with E-state index in [-0.39, 0.29) is 24.2 Å². The van der Waals surface area contributed by atoms with Crippen molar-refractivity contribution in [1.82, 2.24) is 4.90 Å². The molecule has 0 aromatic carbocycles. The Balaban J connectivity index is 2.63. The molecule has 1 fully saturated rings. The minimum Gasteiger partial charge on any atom is -0.378 e. The van der Waals surface area contributed by atoms with Crippen molar-refractivity contribution in [2.75, 3.05) is 18.4 Å². The van der Waals surface area contributed by atoms with Gasteiger partial charge in [-0.25, -0.2) is 0 Å². The molecule has 13 heavy (non-hydrogen) atoms. The van der Waals surface area contributed by atoms with Gasteiger partial charge in [0.15, 0.2) is 5.60 Å². The Kier molecular flexibility index (Phi) is 2.92. The number of carbonyl (C=O) groups excluding carboxylic acids is 2. The molecule has 0 aromatic rings. The van der Waals surface area contributed by atoms with E-state index in [0.717, 1.165) is 0 Å². The number of aliphatic hydroxyl groups is 1. The van der Waals surface area contributed by atoms with Crippen molar-refractivity contribution in [2.24, 2.45) is 5.73 Å². The van der Waals surface area contributed by atoms with Gasteiger partial charge in [-0.15, -0.1) is 0 Å². The van der Waals surface area contributed by atoms with E-state index in [4.69, 9.17) is 5.73 Å². The monoisotopic (exact) mass is 250 g/mol. The topological polar surface area (TPSA) is 83.6 Å². The summed E-state index contributed by atoms with van der Waals surface area (Å²) in [7, 11) is 0. The second kappa shape index (κ2) is 3.63. The zero-order chi connectivity index (χ0) is 10.1. The van der Waals surface area contributed by atoms with E-state index in [1.807, 2.05) is 0 Å². The summed E-state index contributed by atoms with van der Waals surface area (Å²) in [6.07, 6.45) is 0.223. The van der Waals surface area contributed by atoms with E-state index < -0.39 is 11.5 Å². The first-order valence-corrected chi connectivity index (χ1v) is 4.98. The van der Waals surface area contributed by atoms with E-state index in [1.54, 1.807) is 0 Å². The number of carbonyl (C=O) groups is 2. The summed E-state index contributed by atoms with van der Waals surface area (Å²) < 4.78 is 0. The highest BCUT2D eigenvalue weighted by atomic mass is 79.9. The van der Waals surface area contributed by atoms with Crippen LogP contribution in [0, 0.1) is 0 Å². The molecule has 1 aliphatic rings. The van der Waals surface area contributed by atoms with Crippen LogP contribution >= 0.6 is 15.9 Å². The fourth-order valence-electron chi connectivity index (χ4n) is 1.29. The van der Waals surface area contributed by atoms with Crippen molar-refractivity contribution in [3.63, 3.8) is 0 Å². The quantitative estimate of drug-likeness (QED) is 0.606. The average Bonchev–Trinajstić information content (AvgIpc) is 2.48. The molecule has 1 heterocycles. The molecule has 74 valence electrons. The molecule has 1 unspecified atom stereocenters. The zero-order valence-electron chi connectivity index (χ0n) is 6.99. The van der Waals surface area contributed by atoms with Crippen LogP contribution in [0.3, 0.4) is 0 Å². The van der Waals surface area contributed by atoms with Crippen LogP contribution in [0.15, 0.2) is 0 Å². The van der Waals surface area contributed by atoms with Gasteiger partial charge in [-0.2, -0.15) is 0 Å². The Labute approximate surface area is 84.0 Å². The Morgan fingerprint density at radius 1 is 1.62 bits per heavy atom. The number of likely N-dealkylation sites (tertiary alicyclic amines) is 1. The lowest BCUT2D eigenvalue weighted by molar-refractivity contribution is -0.136. The molecule has 6 heteroatoms. The molecular weight excluding hydrogens is 240 g/mol. The number of alkyl halides is 1. The second-order valence-electron chi connectivity index (χ2n) is 3.09. The Morgan fingerprint density at radius 2 is 2.23 bits per heavy atom. The zero-order valence-corrected chi connectivity index (χ0v) is 8.58. The average molecular weight is 251 g/mol. The first-order valence-electron chi connectivity index (χ1n) is 3.85. The van der Waals surface area contributed by atoms with E-state index in [1.165, 1.54) is 4.90 Å². The second-order valence-corrected chi connectivity index (χ2v) is 3.66. The summed E-state index contributed by atoms with van der Waals surface area (Å²) in [4.78, 5) is 23.4. The summed E-state index contributed by atoms with van der Waals surface area (Å²) in [5.41, 5.74) is 3.47. The van der Waals surface area contributed by atoms with Gasteiger partial charge >= 0.3 is 0 Å². The first-order chi connectivity index (χ1) is 5.99. The minimum absolute atomic E-state index is 0.00671. The van der Waals surface area contributed by atoms with Gasteiger partial charge in [-0.3, -0.25) is 9.59 Å². The van der Waals surface area contributed by atoms with Gasteiger partial charge in [-0.05, 0) is 0 Å². The highest BCUT2D eigenvalue weighted by Gasteiger charge is 2.42. The predicted molar refractivity (Wildman–Crippen MR) is 49.1 cm³/mol. The molecule has 2 amide bonds. The van der Waals surface area contributed by atoms with Crippen LogP contribution in [0.25, 0.3) is 0 Å².